The van der Waals surface area contributed by atoms with Crippen molar-refractivity contribution < 1.29 is 9.18 Å². The molecule has 1 saturated heterocycles. The van der Waals surface area contributed by atoms with Crippen molar-refractivity contribution >= 4 is 11.7 Å². The Kier molecular flexibility index (Phi) is 4.28. The van der Waals surface area contributed by atoms with Gasteiger partial charge in [0.2, 0.25) is 0 Å². The summed E-state index contributed by atoms with van der Waals surface area (Å²) in [6, 6.07) is 8.60. The molecule has 4 rings (SSSR count). The summed E-state index contributed by atoms with van der Waals surface area (Å²) in [6.45, 7) is 3.43. The number of likely N-dealkylation sites (tertiary alicyclic amines) is 1. The van der Waals surface area contributed by atoms with E-state index in [0.717, 1.165) is 32.6 Å². The Morgan fingerprint density at radius 3 is 2.68 bits per heavy atom. The Balaban J connectivity index is 1.42. The van der Waals surface area contributed by atoms with E-state index in [2.05, 4.69) is 22.4 Å². The maximum Gasteiger partial charge on any atom is 0.321 e. The fourth-order valence-corrected chi connectivity index (χ4v) is 3.50. The molecule has 0 aliphatic carbocycles. The van der Waals surface area contributed by atoms with Crippen LogP contribution in [0.2, 0.25) is 0 Å². The van der Waals surface area contributed by atoms with Gasteiger partial charge in [0.1, 0.15) is 5.82 Å². The summed E-state index contributed by atoms with van der Waals surface area (Å²) in [5, 5.41) is 2.90. The topological polar surface area (TPSA) is 40.5 Å². The van der Waals surface area contributed by atoms with E-state index in [9.17, 15) is 9.18 Å². The molecule has 6 heteroatoms. The van der Waals surface area contributed by atoms with Gasteiger partial charge >= 0.3 is 6.03 Å². The molecule has 3 heterocycles. The van der Waals surface area contributed by atoms with Gasteiger partial charge in [-0.3, -0.25) is 4.90 Å². The molecule has 0 radical (unpaired) electrons. The number of aromatic nitrogens is 1. The number of anilines is 1. The molecule has 2 aliphatic rings. The van der Waals surface area contributed by atoms with Gasteiger partial charge in [-0.1, -0.05) is 12.2 Å². The van der Waals surface area contributed by atoms with Crippen LogP contribution in [-0.2, 0) is 0 Å². The smallest absolute Gasteiger partial charge is 0.321 e. The first-order chi connectivity index (χ1) is 12.2. The van der Waals surface area contributed by atoms with Crippen molar-refractivity contribution in [2.75, 3.05) is 31.5 Å². The Hall–Kier alpha value is -2.60. The highest BCUT2D eigenvalue weighted by molar-refractivity contribution is 5.89. The lowest BCUT2D eigenvalue weighted by atomic mass is 10.2. The van der Waals surface area contributed by atoms with Crippen molar-refractivity contribution in [2.24, 2.45) is 0 Å². The zero-order chi connectivity index (χ0) is 17.2. The van der Waals surface area contributed by atoms with Crippen molar-refractivity contribution in [3.05, 3.63) is 60.7 Å². The summed E-state index contributed by atoms with van der Waals surface area (Å²) in [5.74, 6) is -0.322. The Morgan fingerprint density at radius 1 is 1.16 bits per heavy atom. The van der Waals surface area contributed by atoms with Gasteiger partial charge < -0.3 is 14.8 Å². The van der Waals surface area contributed by atoms with E-state index in [-0.39, 0.29) is 11.8 Å². The molecule has 0 bridgehead atoms. The van der Waals surface area contributed by atoms with E-state index in [4.69, 9.17) is 0 Å². The Morgan fingerprint density at radius 2 is 1.92 bits per heavy atom. The van der Waals surface area contributed by atoms with E-state index in [0.29, 0.717) is 17.4 Å². The molecule has 5 nitrogen and oxygen atoms in total. The maximum atomic E-state index is 14.0. The normalized spacial score (nSPS) is 20.4. The summed E-state index contributed by atoms with van der Waals surface area (Å²) in [4.78, 5) is 16.8. The van der Waals surface area contributed by atoms with Crippen LogP contribution in [0, 0.1) is 5.82 Å². The maximum absolute atomic E-state index is 14.0. The van der Waals surface area contributed by atoms with E-state index in [1.165, 1.54) is 6.07 Å². The van der Waals surface area contributed by atoms with E-state index in [1.54, 1.807) is 29.1 Å². The van der Waals surface area contributed by atoms with Crippen LogP contribution in [0.15, 0.2) is 54.9 Å². The van der Waals surface area contributed by atoms with Crippen molar-refractivity contribution in [1.82, 2.24) is 14.4 Å². The number of nitrogens with zero attached hydrogens (tertiary/aromatic N) is 3. The number of urea groups is 1. The van der Waals surface area contributed by atoms with Crippen LogP contribution < -0.4 is 5.32 Å². The summed E-state index contributed by atoms with van der Waals surface area (Å²) in [7, 11) is 0. The van der Waals surface area contributed by atoms with Crippen molar-refractivity contribution in [3.63, 3.8) is 0 Å². The van der Waals surface area contributed by atoms with Crippen LogP contribution in [0.5, 0.6) is 0 Å². The average Bonchev–Trinajstić information content (AvgIpc) is 3.37. The first kappa shape index (κ1) is 15.9. The average molecular weight is 340 g/mol. The van der Waals surface area contributed by atoms with Crippen LogP contribution in [0.25, 0.3) is 5.69 Å². The second-order valence-corrected chi connectivity index (χ2v) is 6.50. The van der Waals surface area contributed by atoms with Crippen molar-refractivity contribution in [2.45, 2.75) is 12.5 Å². The van der Waals surface area contributed by atoms with Gasteiger partial charge in [0, 0.05) is 50.3 Å². The standard InChI is InChI=1S/C19H21FN4O/c20-17-6-5-15(13-18(17)23-10-3-4-11-23)21-19(25)24-12-7-16(14-24)22-8-1-2-9-22/h1-6,10-11,13,16H,7-9,12,14H2,(H,21,25)/t16-/m1/s1. The minimum atomic E-state index is -0.322. The molecule has 1 N–H and O–H groups in total. The first-order valence-electron chi connectivity index (χ1n) is 8.58. The van der Waals surface area contributed by atoms with Crippen molar-refractivity contribution in [3.8, 4) is 5.69 Å². The summed E-state index contributed by atoms with van der Waals surface area (Å²) in [5.41, 5.74) is 1.02. The SMILES string of the molecule is O=C(Nc1ccc(F)c(-n2cccc2)c1)N1CC[C@@H](N2CC=CC2)C1. The third kappa shape index (κ3) is 3.30. The highest BCUT2D eigenvalue weighted by Gasteiger charge is 2.30. The van der Waals surface area contributed by atoms with Crippen molar-refractivity contribution in [1.29, 1.82) is 0 Å². The van der Waals surface area contributed by atoms with Crippen LogP contribution in [-0.4, -0.2) is 52.6 Å². The highest BCUT2D eigenvalue weighted by Crippen LogP contribution is 2.21. The summed E-state index contributed by atoms with van der Waals surface area (Å²) in [6.07, 6.45) is 8.89. The molecule has 130 valence electrons. The zero-order valence-corrected chi connectivity index (χ0v) is 13.9. The van der Waals surface area contributed by atoms with Gasteiger partial charge in [-0.2, -0.15) is 0 Å². The lowest BCUT2D eigenvalue weighted by Gasteiger charge is -2.23. The number of nitrogens with one attached hydrogen (secondary N) is 1. The molecule has 2 aliphatic heterocycles. The molecule has 1 aromatic carbocycles. The van der Waals surface area contributed by atoms with Crippen LogP contribution in [0.3, 0.4) is 0 Å². The molecule has 0 spiro atoms. The fraction of sp³-hybridized carbons (Fsp3) is 0.316. The molecule has 2 amide bonds. The number of rotatable bonds is 3. The molecular weight excluding hydrogens is 319 g/mol. The number of carbonyl (C=O) groups excluding carboxylic acids is 1. The van der Waals surface area contributed by atoms with E-state index < -0.39 is 0 Å². The predicted molar refractivity (Wildman–Crippen MR) is 95.4 cm³/mol. The largest absolute Gasteiger partial charge is 0.323 e. The third-order valence-corrected chi connectivity index (χ3v) is 4.89. The molecule has 0 saturated carbocycles. The monoisotopic (exact) mass is 340 g/mol. The zero-order valence-electron chi connectivity index (χ0n) is 13.9. The van der Waals surface area contributed by atoms with Crippen LogP contribution in [0.1, 0.15) is 6.42 Å². The highest BCUT2D eigenvalue weighted by atomic mass is 19.1. The molecule has 0 unspecified atom stereocenters. The molecule has 25 heavy (non-hydrogen) atoms. The van der Waals surface area contributed by atoms with Crippen LogP contribution >= 0.6 is 0 Å². The Labute approximate surface area is 146 Å². The molecular formula is C19H21FN4O. The van der Waals surface area contributed by atoms with Gasteiger partial charge in [-0.15, -0.1) is 0 Å². The molecule has 1 fully saturated rings. The number of hydrogen-bond acceptors (Lipinski definition) is 2. The lowest BCUT2D eigenvalue weighted by Crippen LogP contribution is -2.38. The number of amides is 2. The second kappa shape index (κ2) is 6.72. The number of hydrogen-bond donors (Lipinski definition) is 1. The quantitative estimate of drug-likeness (QED) is 0.873. The Bertz CT molecular complexity index is 779. The predicted octanol–water partition coefficient (Wildman–Crippen LogP) is 3.09. The molecule has 1 atom stereocenters. The summed E-state index contributed by atoms with van der Waals surface area (Å²) < 4.78 is 15.7. The van der Waals surface area contributed by atoms with Gasteiger partial charge in [-0.05, 0) is 36.8 Å². The minimum absolute atomic E-state index is 0.125. The first-order valence-corrected chi connectivity index (χ1v) is 8.58. The van der Waals surface area contributed by atoms with Gasteiger partial charge in [0.25, 0.3) is 0 Å². The molecule has 2 aromatic rings. The number of carbonyl (C=O) groups is 1. The molecule has 1 aromatic heterocycles. The number of halogens is 1. The second-order valence-electron chi connectivity index (χ2n) is 6.50. The number of benzene rings is 1. The fourth-order valence-electron chi connectivity index (χ4n) is 3.50. The van der Waals surface area contributed by atoms with Gasteiger partial charge in [0.15, 0.2) is 0 Å². The van der Waals surface area contributed by atoms with E-state index >= 15 is 0 Å². The van der Waals surface area contributed by atoms with Gasteiger partial charge in [0.05, 0.1) is 5.69 Å². The third-order valence-electron chi connectivity index (χ3n) is 4.89. The van der Waals surface area contributed by atoms with Gasteiger partial charge in [-0.25, -0.2) is 9.18 Å². The summed E-state index contributed by atoms with van der Waals surface area (Å²) >= 11 is 0. The van der Waals surface area contributed by atoms with Crippen LogP contribution in [0.4, 0.5) is 14.9 Å². The van der Waals surface area contributed by atoms with E-state index in [1.807, 2.05) is 17.0 Å². The minimum Gasteiger partial charge on any atom is -0.323 e. The lowest BCUT2D eigenvalue weighted by molar-refractivity contribution is 0.212.